The highest BCUT2D eigenvalue weighted by atomic mass is 14.6. The van der Waals surface area contributed by atoms with Crippen LogP contribution in [0.2, 0.25) is 0 Å². The van der Waals surface area contributed by atoms with Gasteiger partial charge in [-0.2, -0.15) is 0 Å². The molecule has 0 fully saturated rings. The molecule has 0 spiro atoms. The lowest BCUT2D eigenvalue weighted by Gasteiger charge is -2.57. The molecular formula is C19H40. The van der Waals surface area contributed by atoms with E-state index in [0.717, 1.165) is 5.92 Å². The molecule has 0 aliphatic rings. The molecule has 0 aromatic rings. The van der Waals surface area contributed by atoms with E-state index in [2.05, 4.69) is 62.3 Å². The summed E-state index contributed by atoms with van der Waals surface area (Å²) in [6.45, 7) is 22.0. The average molecular weight is 269 g/mol. The molecule has 2 atom stereocenters. The molecule has 0 amide bonds. The van der Waals surface area contributed by atoms with Gasteiger partial charge in [0.15, 0.2) is 0 Å². The lowest BCUT2D eigenvalue weighted by atomic mass is 9.48. The van der Waals surface area contributed by atoms with E-state index in [9.17, 15) is 0 Å². The first-order valence-corrected chi connectivity index (χ1v) is 8.54. The molecular weight excluding hydrogens is 228 g/mol. The fraction of sp³-hybridized carbons (Fsp3) is 1.00. The maximum atomic E-state index is 2.55. The van der Waals surface area contributed by atoms with Crippen LogP contribution in [0.3, 0.4) is 0 Å². The summed E-state index contributed by atoms with van der Waals surface area (Å²) in [6, 6.07) is 0. The number of hydrogen-bond acceptors (Lipinski definition) is 0. The molecule has 0 nitrogen and oxygen atoms in total. The second kappa shape index (κ2) is 7.14. The minimum Gasteiger partial charge on any atom is -0.0654 e. The summed E-state index contributed by atoms with van der Waals surface area (Å²) < 4.78 is 0. The van der Waals surface area contributed by atoms with E-state index in [1.54, 1.807) is 0 Å². The summed E-state index contributed by atoms with van der Waals surface area (Å²) in [6.07, 6.45) is 8.11. The SMILES string of the molecule is CCCCCC(C)(C)C(C)(C(C)CCC)C(C)(C)C. The van der Waals surface area contributed by atoms with E-state index in [1.165, 1.54) is 38.5 Å². The Morgan fingerprint density at radius 2 is 1.32 bits per heavy atom. The largest absolute Gasteiger partial charge is 0.0654 e. The van der Waals surface area contributed by atoms with E-state index in [4.69, 9.17) is 0 Å². The van der Waals surface area contributed by atoms with Gasteiger partial charge in [-0.3, -0.25) is 0 Å². The number of hydrogen-bond donors (Lipinski definition) is 0. The molecule has 0 saturated carbocycles. The maximum absolute atomic E-state index is 2.55. The van der Waals surface area contributed by atoms with Gasteiger partial charge < -0.3 is 0 Å². The number of rotatable bonds is 8. The predicted molar refractivity (Wildman–Crippen MR) is 89.6 cm³/mol. The molecule has 0 bridgehead atoms. The minimum absolute atomic E-state index is 0.358. The molecule has 0 rings (SSSR count). The van der Waals surface area contributed by atoms with E-state index in [1.807, 2.05) is 0 Å². The molecule has 0 aliphatic heterocycles. The summed E-state index contributed by atoms with van der Waals surface area (Å²) in [5, 5.41) is 0. The smallest absolute Gasteiger partial charge is 0.0200 e. The predicted octanol–water partition coefficient (Wildman–Crippen LogP) is 7.08. The molecule has 2 unspecified atom stereocenters. The van der Waals surface area contributed by atoms with Crippen LogP contribution in [0.15, 0.2) is 0 Å². The Kier molecular flexibility index (Phi) is 7.14. The van der Waals surface area contributed by atoms with Crippen LogP contribution in [0.4, 0.5) is 0 Å². The molecule has 0 heteroatoms. The van der Waals surface area contributed by atoms with Gasteiger partial charge in [-0.1, -0.05) is 94.4 Å². The molecule has 0 heterocycles. The van der Waals surface area contributed by atoms with E-state index in [0.29, 0.717) is 16.2 Å². The first-order valence-electron chi connectivity index (χ1n) is 8.54. The van der Waals surface area contributed by atoms with Crippen molar-refractivity contribution in [2.24, 2.45) is 22.2 Å². The topological polar surface area (TPSA) is 0 Å². The normalized spacial score (nSPS) is 18.2. The Bertz CT molecular complexity index is 243. The zero-order chi connectivity index (χ0) is 15.3. The van der Waals surface area contributed by atoms with Crippen molar-refractivity contribution in [3.8, 4) is 0 Å². The van der Waals surface area contributed by atoms with Gasteiger partial charge in [0.25, 0.3) is 0 Å². The van der Waals surface area contributed by atoms with Crippen molar-refractivity contribution in [3.05, 3.63) is 0 Å². The summed E-state index contributed by atoms with van der Waals surface area (Å²) in [7, 11) is 0. The van der Waals surface area contributed by atoms with Crippen LogP contribution in [0.5, 0.6) is 0 Å². The average Bonchev–Trinajstić information content (AvgIpc) is 2.26. The third-order valence-electron chi connectivity index (χ3n) is 6.08. The molecule has 0 aliphatic carbocycles. The zero-order valence-electron chi connectivity index (χ0n) is 15.3. The summed E-state index contributed by atoms with van der Waals surface area (Å²) in [4.78, 5) is 0. The van der Waals surface area contributed by atoms with Crippen LogP contribution in [-0.2, 0) is 0 Å². The lowest BCUT2D eigenvalue weighted by Crippen LogP contribution is -2.49. The van der Waals surface area contributed by atoms with Crippen molar-refractivity contribution in [1.82, 2.24) is 0 Å². The van der Waals surface area contributed by atoms with Crippen molar-refractivity contribution in [1.29, 1.82) is 0 Å². The Morgan fingerprint density at radius 1 is 0.789 bits per heavy atom. The van der Waals surface area contributed by atoms with Crippen molar-refractivity contribution in [2.75, 3.05) is 0 Å². The first-order chi connectivity index (χ1) is 8.54. The van der Waals surface area contributed by atoms with Gasteiger partial charge in [-0.15, -0.1) is 0 Å². The van der Waals surface area contributed by atoms with Crippen molar-refractivity contribution in [2.45, 2.75) is 101 Å². The quantitative estimate of drug-likeness (QED) is 0.412. The summed E-state index contributed by atoms with van der Waals surface area (Å²) >= 11 is 0. The highest BCUT2D eigenvalue weighted by Crippen LogP contribution is 2.58. The Hall–Kier alpha value is 0. The van der Waals surface area contributed by atoms with Gasteiger partial charge in [0.1, 0.15) is 0 Å². The van der Waals surface area contributed by atoms with Gasteiger partial charge in [0.2, 0.25) is 0 Å². The van der Waals surface area contributed by atoms with Crippen LogP contribution in [0, 0.1) is 22.2 Å². The highest BCUT2D eigenvalue weighted by Gasteiger charge is 2.51. The van der Waals surface area contributed by atoms with Crippen LogP contribution < -0.4 is 0 Å². The third-order valence-corrected chi connectivity index (χ3v) is 6.08. The number of unbranched alkanes of at least 4 members (excludes halogenated alkanes) is 2. The van der Waals surface area contributed by atoms with E-state index < -0.39 is 0 Å². The van der Waals surface area contributed by atoms with Crippen LogP contribution >= 0.6 is 0 Å². The molecule has 0 aromatic carbocycles. The fourth-order valence-electron chi connectivity index (χ4n) is 4.22. The zero-order valence-corrected chi connectivity index (χ0v) is 15.3. The minimum atomic E-state index is 0.358. The molecule has 116 valence electrons. The standard InChI is InChI=1S/C19H40/c1-10-12-13-15-18(7,8)19(9,17(4,5)6)16(3)14-11-2/h16H,10-15H2,1-9H3. The van der Waals surface area contributed by atoms with Crippen LogP contribution in [-0.4, -0.2) is 0 Å². The van der Waals surface area contributed by atoms with E-state index in [-0.39, 0.29) is 0 Å². The molecule has 0 saturated heterocycles. The molecule has 0 aromatic heterocycles. The fourth-order valence-corrected chi connectivity index (χ4v) is 4.22. The van der Waals surface area contributed by atoms with Crippen LogP contribution in [0.25, 0.3) is 0 Å². The Balaban J connectivity index is 5.23. The van der Waals surface area contributed by atoms with Gasteiger partial charge in [0, 0.05) is 0 Å². The van der Waals surface area contributed by atoms with Gasteiger partial charge in [-0.25, -0.2) is 0 Å². The van der Waals surface area contributed by atoms with Crippen molar-refractivity contribution in [3.63, 3.8) is 0 Å². The highest BCUT2D eigenvalue weighted by molar-refractivity contribution is 5.00. The molecule has 0 N–H and O–H groups in total. The van der Waals surface area contributed by atoms with Gasteiger partial charge >= 0.3 is 0 Å². The Morgan fingerprint density at radius 3 is 1.68 bits per heavy atom. The second-order valence-electron chi connectivity index (χ2n) is 8.48. The van der Waals surface area contributed by atoms with Crippen molar-refractivity contribution >= 4 is 0 Å². The lowest BCUT2D eigenvalue weighted by molar-refractivity contribution is -0.0809. The maximum Gasteiger partial charge on any atom is -0.0200 e. The second-order valence-corrected chi connectivity index (χ2v) is 8.48. The molecule has 19 heavy (non-hydrogen) atoms. The monoisotopic (exact) mass is 268 g/mol. The van der Waals surface area contributed by atoms with Gasteiger partial charge in [0.05, 0.1) is 0 Å². The van der Waals surface area contributed by atoms with Crippen LogP contribution in [0.1, 0.15) is 101 Å². The summed E-state index contributed by atoms with van der Waals surface area (Å²) in [5.74, 6) is 0.786. The van der Waals surface area contributed by atoms with Gasteiger partial charge in [-0.05, 0) is 28.6 Å². The Labute approximate surface area is 123 Å². The third kappa shape index (κ3) is 4.23. The summed E-state index contributed by atoms with van der Waals surface area (Å²) in [5.41, 5.74) is 1.16. The van der Waals surface area contributed by atoms with E-state index >= 15 is 0 Å². The first kappa shape index (κ1) is 19.0. The molecule has 0 radical (unpaired) electrons. The van der Waals surface area contributed by atoms with Crippen molar-refractivity contribution < 1.29 is 0 Å².